The van der Waals surface area contributed by atoms with E-state index in [1.165, 1.54) is 6.92 Å². The molecule has 2 aromatic heterocycles. The lowest BCUT2D eigenvalue weighted by atomic mass is 9.91. The first-order valence-electron chi connectivity index (χ1n) is 13.5. The van der Waals surface area contributed by atoms with E-state index in [4.69, 9.17) is 32.9 Å². The lowest BCUT2D eigenvalue weighted by Crippen LogP contribution is -2.50. The van der Waals surface area contributed by atoms with E-state index >= 15 is 0 Å². The third-order valence-electron chi connectivity index (χ3n) is 7.26. The molecule has 1 amide bonds. The van der Waals surface area contributed by atoms with E-state index in [1.54, 1.807) is 12.3 Å². The van der Waals surface area contributed by atoms with Gasteiger partial charge in [-0.3, -0.25) is 9.69 Å². The molecule has 0 unspecified atom stereocenters. The summed E-state index contributed by atoms with van der Waals surface area (Å²) in [5, 5.41) is 18.0. The molecule has 11 heteroatoms. The summed E-state index contributed by atoms with van der Waals surface area (Å²) in [6.45, 7) is 7.50. The standard InChI is InChI=1S/C29H34Cl2N6O3/c1-20(38)34-19-29(39)4-8-36(9-5-29)18-21-12-26(22-14-23(30)16-24(31)15-22)35-28(13-21)40-25-2-3-27(33-17-25)37-10-6-32-7-11-37/h2-3,12-17,32,39H,4-11,18-19H2,1H3,(H,34,38). The van der Waals surface area contributed by atoms with Crippen LogP contribution in [0.2, 0.25) is 10.0 Å². The second kappa shape index (κ2) is 12.7. The number of likely N-dealkylation sites (tertiary alicyclic amines) is 1. The maximum atomic E-state index is 11.3. The van der Waals surface area contributed by atoms with Gasteiger partial charge < -0.3 is 25.4 Å². The number of amides is 1. The molecule has 2 aliphatic rings. The molecule has 0 spiro atoms. The van der Waals surface area contributed by atoms with Gasteiger partial charge in [-0.05, 0) is 54.8 Å². The van der Waals surface area contributed by atoms with Crippen molar-refractivity contribution in [2.24, 2.45) is 0 Å². The minimum absolute atomic E-state index is 0.137. The topological polar surface area (TPSA) is 103 Å². The number of carbonyl (C=O) groups is 1. The van der Waals surface area contributed by atoms with E-state index in [0.29, 0.717) is 59.8 Å². The minimum atomic E-state index is -0.888. The molecular weight excluding hydrogens is 551 g/mol. The van der Waals surface area contributed by atoms with Gasteiger partial charge in [-0.15, -0.1) is 0 Å². The molecule has 212 valence electrons. The zero-order valence-electron chi connectivity index (χ0n) is 22.5. The Morgan fingerprint density at radius 2 is 1.80 bits per heavy atom. The number of pyridine rings is 2. The molecule has 1 aromatic carbocycles. The summed E-state index contributed by atoms with van der Waals surface area (Å²) in [6.07, 6.45) is 2.87. The van der Waals surface area contributed by atoms with Gasteiger partial charge in [0.1, 0.15) is 11.6 Å². The molecule has 0 atom stereocenters. The summed E-state index contributed by atoms with van der Waals surface area (Å²) in [7, 11) is 0. The normalized spacial score (nSPS) is 17.4. The molecule has 2 fully saturated rings. The molecule has 3 N–H and O–H groups in total. The number of rotatable bonds is 8. The Morgan fingerprint density at radius 1 is 1.07 bits per heavy atom. The van der Waals surface area contributed by atoms with Crippen LogP contribution in [0.1, 0.15) is 25.3 Å². The Bertz CT molecular complexity index is 1310. The van der Waals surface area contributed by atoms with Crippen molar-refractivity contribution in [1.29, 1.82) is 0 Å². The zero-order chi connectivity index (χ0) is 28.1. The van der Waals surface area contributed by atoms with Gasteiger partial charge in [0.05, 0.1) is 17.5 Å². The van der Waals surface area contributed by atoms with Crippen LogP contribution in [0.15, 0.2) is 48.7 Å². The van der Waals surface area contributed by atoms with E-state index in [1.807, 2.05) is 36.4 Å². The molecule has 2 aliphatic heterocycles. The van der Waals surface area contributed by atoms with Gasteiger partial charge in [-0.1, -0.05) is 23.2 Å². The highest BCUT2D eigenvalue weighted by atomic mass is 35.5. The van der Waals surface area contributed by atoms with Crippen LogP contribution in [-0.2, 0) is 11.3 Å². The first-order valence-corrected chi connectivity index (χ1v) is 14.3. The minimum Gasteiger partial charge on any atom is -0.437 e. The SMILES string of the molecule is CC(=O)NCC1(O)CCN(Cc2cc(Oc3ccc(N4CCNCC4)nc3)nc(-c3cc(Cl)cc(Cl)c3)c2)CC1. The van der Waals surface area contributed by atoms with Crippen molar-refractivity contribution in [3.8, 4) is 22.9 Å². The van der Waals surface area contributed by atoms with Gasteiger partial charge >= 0.3 is 0 Å². The number of nitrogens with zero attached hydrogens (tertiary/aromatic N) is 4. The van der Waals surface area contributed by atoms with Crippen molar-refractivity contribution in [3.05, 3.63) is 64.3 Å². The molecule has 0 radical (unpaired) electrons. The van der Waals surface area contributed by atoms with Crippen molar-refractivity contribution >= 4 is 34.9 Å². The van der Waals surface area contributed by atoms with E-state index in [2.05, 4.69) is 25.4 Å². The highest BCUT2D eigenvalue weighted by Gasteiger charge is 2.32. The maximum absolute atomic E-state index is 11.3. The Kier molecular flexibility index (Phi) is 9.07. The van der Waals surface area contributed by atoms with Crippen LogP contribution in [-0.4, -0.2) is 77.3 Å². The molecule has 0 saturated carbocycles. The number of anilines is 1. The molecular formula is C29H34Cl2N6O3. The molecule has 9 nitrogen and oxygen atoms in total. The first-order chi connectivity index (χ1) is 19.2. The number of carbonyl (C=O) groups excluding carboxylic acids is 1. The third kappa shape index (κ3) is 7.62. The molecule has 0 aliphatic carbocycles. The number of benzene rings is 1. The third-order valence-corrected chi connectivity index (χ3v) is 7.70. The maximum Gasteiger partial charge on any atom is 0.220 e. The average molecular weight is 586 g/mol. The smallest absolute Gasteiger partial charge is 0.220 e. The second-order valence-electron chi connectivity index (χ2n) is 10.5. The molecule has 2 saturated heterocycles. The van der Waals surface area contributed by atoms with Crippen LogP contribution < -0.4 is 20.3 Å². The van der Waals surface area contributed by atoms with Crippen LogP contribution in [0, 0.1) is 0 Å². The molecule has 3 aromatic rings. The van der Waals surface area contributed by atoms with Gasteiger partial charge in [0.15, 0.2) is 0 Å². The summed E-state index contributed by atoms with van der Waals surface area (Å²) >= 11 is 12.6. The predicted molar refractivity (Wildman–Crippen MR) is 157 cm³/mol. The Labute approximate surface area is 244 Å². The summed E-state index contributed by atoms with van der Waals surface area (Å²) in [5.41, 5.74) is 1.61. The number of piperazine rings is 1. The number of halogens is 2. The van der Waals surface area contributed by atoms with E-state index in [0.717, 1.165) is 43.1 Å². The van der Waals surface area contributed by atoms with Crippen molar-refractivity contribution in [1.82, 2.24) is 25.5 Å². The van der Waals surface area contributed by atoms with E-state index in [9.17, 15) is 9.90 Å². The monoisotopic (exact) mass is 584 g/mol. The Morgan fingerprint density at radius 3 is 2.45 bits per heavy atom. The lowest BCUT2D eigenvalue weighted by Gasteiger charge is -2.38. The van der Waals surface area contributed by atoms with Gasteiger partial charge in [0, 0.05) is 81.0 Å². The van der Waals surface area contributed by atoms with Gasteiger partial charge in [-0.25, -0.2) is 9.97 Å². The number of nitrogens with one attached hydrogen (secondary N) is 2. The van der Waals surface area contributed by atoms with Crippen molar-refractivity contribution in [2.45, 2.75) is 31.9 Å². The number of hydrogen-bond donors (Lipinski definition) is 3. The first kappa shape index (κ1) is 28.6. The molecule has 40 heavy (non-hydrogen) atoms. The van der Waals surface area contributed by atoms with E-state index < -0.39 is 5.60 Å². The van der Waals surface area contributed by atoms with Crippen LogP contribution in [0.4, 0.5) is 5.82 Å². The highest BCUT2D eigenvalue weighted by Crippen LogP contribution is 2.31. The van der Waals surface area contributed by atoms with E-state index in [-0.39, 0.29) is 12.5 Å². The Balaban J connectivity index is 1.34. The lowest BCUT2D eigenvalue weighted by molar-refractivity contribution is -0.120. The largest absolute Gasteiger partial charge is 0.437 e. The second-order valence-corrected chi connectivity index (χ2v) is 11.3. The van der Waals surface area contributed by atoms with Crippen LogP contribution in [0.25, 0.3) is 11.3 Å². The molecule has 5 rings (SSSR count). The number of ether oxygens (including phenoxy) is 1. The fourth-order valence-electron chi connectivity index (χ4n) is 5.04. The highest BCUT2D eigenvalue weighted by molar-refractivity contribution is 6.35. The van der Waals surface area contributed by atoms with Crippen LogP contribution >= 0.6 is 23.2 Å². The average Bonchev–Trinajstić information content (AvgIpc) is 2.94. The fourth-order valence-corrected chi connectivity index (χ4v) is 5.56. The summed E-state index contributed by atoms with van der Waals surface area (Å²) in [4.78, 5) is 25.2. The van der Waals surface area contributed by atoms with Crippen molar-refractivity contribution in [2.75, 3.05) is 50.7 Å². The van der Waals surface area contributed by atoms with Crippen LogP contribution in [0.5, 0.6) is 11.6 Å². The zero-order valence-corrected chi connectivity index (χ0v) is 24.0. The number of hydrogen-bond acceptors (Lipinski definition) is 8. The molecule has 4 heterocycles. The number of aromatic nitrogens is 2. The van der Waals surface area contributed by atoms with Crippen LogP contribution in [0.3, 0.4) is 0 Å². The predicted octanol–water partition coefficient (Wildman–Crippen LogP) is 4.12. The van der Waals surface area contributed by atoms with Crippen molar-refractivity contribution in [3.63, 3.8) is 0 Å². The summed E-state index contributed by atoms with van der Waals surface area (Å²) in [5.74, 6) is 1.83. The van der Waals surface area contributed by atoms with Gasteiger partial charge in [-0.2, -0.15) is 0 Å². The number of aliphatic hydroxyl groups is 1. The number of piperidine rings is 1. The quantitative estimate of drug-likeness (QED) is 0.363. The van der Waals surface area contributed by atoms with Crippen molar-refractivity contribution < 1.29 is 14.6 Å². The summed E-state index contributed by atoms with van der Waals surface area (Å²) in [6, 6.07) is 13.2. The van der Waals surface area contributed by atoms with Gasteiger partial charge in [0.25, 0.3) is 0 Å². The Hall–Kier alpha value is -2.95. The van der Waals surface area contributed by atoms with Gasteiger partial charge in [0.2, 0.25) is 11.8 Å². The fraction of sp³-hybridized carbons (Fsp3) is 0.414. The molecule has 0 bridgehead atoms. The summed E-state index contributed by atoms with van der Waals surface area (Å²) < 4.78 is 6.19.